The minimum absolute atomic E-state index is 0.00374. The summed E-state index contributed by atoms with van der Waals surface area (Å²) in [6, 6.07) is 21.8. The van der Waals surface area contributed by atoms with Crippen molar-refractivity contribution < 1.29 is 14.7 Å². The lowest BCUT2D eigenvalue weighted by Gasteiger charge is -2.58. The zero-order valence-corrected chi connectivity index (χ0v) is 18.6. The Bertz CT molecular complexity index is 1160. The second kappa shape index (κ2) is 8.79. The molecule has 0 saturated carbocycles. The molecule has 2 aliphatic heterocycles. The normalized spacial score (nSPS) is 22.0. The molecule has 0 unspecified atom stereocenters. The molecule has 1 aromatic heterocycles. The van der Waals surface area contributed by atoms with Crippen LogP contribution in [0.5, 0.6) is 0 Å². The summed E-state index contributed by atoms with van der Waals surface area (Å²) in [6.07, 6.45) is 1.85. The van der Waals surface area contributed by atoms with Crippen molar-refractivity contribution in [1.82, 2.24) is 14.8 Å². The van der Waals surface area contributed by atoms with Crippen molar-refractivity contribution in [3.05, 3.63) is 89.7 Å². The van der Waals surface area contributed by atoms with Crippen molar-refractivity contribution in [2.75, 3.05) is 19.7 Å². The first-order valence-electron chi connectivity index (χ1n) is 11.3. The van der Waals surface area contributed by atoms with Crippen LogP contribution in [0.3, 0.4) is 0 Å². The van der Waals surface area contributed by atoms with Crippen LogP contribution >= 0.6 is 0 Å². The number of aryl methyl sites for hydroxylation is 1. The van der Waals surface area contributed by atoms with Crippen LogP contribution in [0.2, 0.25) is 0 Å². The largest absolute Gasteiger partial charge is 0.394 e. The van der Waals surface area contributed by atoms with E-state index in [4.69, 9.17) is 0 Å². The van der Waals surface area contributed by atoms with E-state index in [1.165, 1.54) is 5.56 Å². The summed E-state index contributed by atoms with van der Waals surface area (Å²) < 4.78 is 0. The first kappa shape index (κ1) is 21.3. The Kier molecular flexibility index (Phi) is 5.68. The van der Waals surface area contributed by atoms with Gasteiger partial charge in [-0.2, -0.15) is 0 Å². The summed E-state index contributed by atoms with van der Waals surface area (Å²) in [4.78, 5) is 33.4. The molecule has 0 aliphatic carbocycles. The maximum Gasteiger partial charge on any atom is 0.242 e. The molecule has 2 fully saturated rings. The van der Waals surface area contributed by atoms with Gasteiger partial charge in [-0.3, -0.25) is 14.6 Å². The fourth-order valence-electron chi connectivity index (χ4n) is 5.18. The number of aliphatic hydroxyl groups excluding tert-OH is 1. The fourth-order valence-corrected chi connectivity index (χ4v) is 5.18. The molecule has 33 heavy (non-hydrogen) atoms. The zero-order chi connectivity index (χ0) is 22.9. The first-order valence-corrected chi connectivity index (χ1v) is 11.3. The molecule has 1 N–H and O–H groups in total. The van der Waals surface area contributed by atoms with Crippen LogP contribution in [0, 0.1) is 6.92 Å². The number of amides is 2. The van der Waals surface area contributed by atoms with Gasteiger partial charge in [0.15, 0.2) is 0 Å². The van der Waals surface area contributed by atoms with Gasteiger partial charge in [0.05, 0.1) is 31.7 Å². The van der Waals surface area contributed by atoms with Gasteiger partial charge >= 0.3 is 0 Å². The highest BCUT2D eigenvalue weighted by Crippen LogP contribution is 2.43. The second-order valence-corrected chi connectivity index (χ2v) is 8.91. The van der Waals surface area contributed by atoms with Gasteiger partial charge in [-0.15, -0.1) is 0 Å². The van der Waals surface area contributed by atoms with Crippen molar-refractivity contribution in [1.29, 1.82) is 0 Å². The number of carbonyl (C=O) groups excluding carboxylic acids is 2. The molecule has 0 spiro atoms. The summed E-state index contributed by atoms with van der Waals surface area (Å²) in [5.74, 6) is -0.203. The van der Waals surface area contributed by atoms with Crippen LogP contribution in [0.1, 0.15) is 22.7 Å². The number of benzene rings is 2. The molecule has 168 valence electrons. The van der Waals surface area contributed by atoms with Gasteiger partial charge in [-0.25, -0.2) is 0 Å². The average molecular weight is 442 g/mol. The van der Waals surface area contributed by atoms with Gasteiger partial charge in [0.25, 0.3) is 0 Å². The summed E-state index contributed by atoms with van der Waals surface area (Å²) in [5.41, 5.74) is 5.28. The van der Waals surface area contributed by atoms with Crippen molar-refractivity contribution in [2.45, 2.75) is 31.3 Å². The molecule has 0 radical (unpaired) electrons. The van der Waals surface area contributed by atoms with Crippen LogP contribution in [0.15, 0.2) is 72.9 Å². The van der Waals surface area contributed by atoms with Gasteiger partial charge in [0.2, 0.25) is 11.8 Å². The third kappa shape index (κ3) is 4.02. The molecule has 2 saturated heterocycles. The summed E-state index contributed by atoms with van der Waals surface area (Å²) in [5, 5.41) is 10.0. The lowest BCUT2D eigenvalue weighted by molar-refractivity contribution is -0.166. The first-order chi connectivity index (χ1) is 16.0. The average Bonchev–Trinajstić information content (AvgIpc) is 2.81. The number of aromatic nitrogens is 1. The zero-order valence-electron chi connectivity index (χ0n) is 18.6. The van der Waals surface area contributed by atoms with Crippen molar-refractivity contribution in [3.8, 4) is 11.1 Å². The van der Waals surface area contributed by atoms with Crippen LogP contribution in [-0.2, 0) is 16.0 Å². The predicted octanol–water partition coefficient (Wildman–Crippen LogP) is 2.80. The molecular formula is C27H27N3O3. The molecule has 5 rings (SSSR count). The predicted molar refractivity (Wildman–Crippen MR) is 125 cm³/mol. The van der Waals surface area contributed by atoms with E-state index in [-0.39, 0.29) is 49.4 Å². The van der Waals surface area contributed by atoms with Crippen LogP contribution in [0.25, 0.3) is 11.1 Å². The monoisotopic (exact) mass is 441 g/mol. The number of pyridine rings is 1. The number of aliphatic hydroxyl groups is 1. The van der Waals surface area contributed by atoms with Gasteiger partial charge in [-0.1, -0.05) is 60.2 Å². The summed E-state index contributed by atoms with van der Waals surface area (Å²) in [7, 11) is 0. The third-order valence-electron chi connectivity index (χ3n) is 6.81. The van der Waals surface area contributed by atoms with E-state index < -0.39 is 0 Å². The Morgan fingerprint density at radius 1 is 1.06 bits per heavy atom. The third-order valence-corrected chi connectivity index (χ3v) is 6.81. The molecule has 6 heteroatoms. The summed E-state index contributed by atoms with van der Waals surface area (Å²) in [6.45, 7) is 2.51. The van der Waals surface area contributed by atoms with E-state index in [1.54, 1.807) is 16.0 Å². The number of fused-ring (bicyclic) bond motifs is 1. The van der Waals surface area contributed by atoms with E-state index in [1.807, 2.05) is 24.3 Å². The molecule has 2 aromatic carbocycles. The highest BCUT2D eigenvalue weighted by molar-refractivity contribution is 5.88. The van der Waals surface area contributed by atoms with E-state index in [0.29, 0.717) is 12.2 Å². The maximum absolute atomic E-state index is 12.9. The summed E-state index contributed by atoms with van der Waals surface area (Å²) >= 11 is 0. The Morgan fingerprint density at radius 3 is 2.58 bits per heavy atom. The molecular weight excluding hydrogens is 414 g/mol. The van der Waals surface area contributed by atoms with E-state index in [0.717, 1.165) is 16.7 Å². The van der Waals surface area contributed by atoms with Gasteiger partial charge in [0, 0.05) is 24.4 Å². The number of hydrogen-bond donors (Lipinski definition) is 1. The Hall–Kier alpha value is -3.51. The Balaban J connectivity index is 1.35. The highest BCUT2D eigenvalue weighted by Gasteiger charge is 2.54. The second-order valence-electron chi connectivity index (χ2n) is 8.91. The molecule has 3 atom stereocenters. The minimum atomic E-state index is -0.250. The molecule has 3 aromatic rings. The van der Waals surface area contributed by atoms with Crippen molar-refractivity contribution >= 4 is 11.8 Å². The highest BCUT2D eigenvalue weighted by atomic mass is 16.3. The van der Waals surface area contributed by atoms with E-state index in [9.17, 15) is 14.7 Å². The molecule has 6 nitrogen and oxygen atoms in total. The van der Waals surface area contributed by atoms with E-state index in [2.05, 4.69) is 54.4 Å². The number of rotatable bonds is 5. The molecule has 0 bridgehead atoms. The standard InChI is InChI=1S/C27H27N3O3/c1-18-5-4-6-21(13-18)19-8-10-20(11-9-19)27-23-15-29(16-26(33)30(23)24(27)17-31)25(32)14-22-7-2-3-12-28-22/h2-13,23-24,27,31H,14-17H2,1H3/t23-,24-,27+/m0/s1. The van der Waals surface area contributed by atoms with Crippen LogP contribution in [0.4, 0.5) is 0 Å². The van der Waals surface area contributed by atoms with Crippen molar-refractivity contribution in [3.63, 3.8) is 0 Å². The quantitative estimate of drug-likeness (QED) is 0.661. The smallest absolute Gasteiger partial charge is 0.242 e. The Labute approximate surface area is 193 Å². The van der Waals surface area contributed by atoms with Gasteiger partial charge in [-0.05, 0) is 35.7 Å². The van der Waals surface area contributed by atoms with Crippen LogP contribution < -0.4 is 0 Å². The topological polar surface area (TPSA) is 73.7 Å². The lowest BCUT2D eigenvalue weighted by atomic mass is 9.73. The Morgan fingerprint density at radius 2 is 1.88 bits per heavy atom. The fraction of sp³-hybridized carbons (Fsp3) is 0.296. The molecule has 2 amide bonds. The van der Waals surface area contributed by atoms with Gasteiger partial charge < -0.3 is 14.9 Å². The van der Waals surface area contributed by atoms with Crippen LogP contribution in [-0.4, -0.2) is 63.5 Å². The van der Waals surface area contributed by atoms with Gasteiger partial charge in [0.1, 0.15) is 0 Å². The van der Waals surface area contributed by atoms with Crippen molar-refractivity contribution in [2.24, 2.45) is 0 Å². The SMILES string of the molecule is Cc1cccc(-c2ccc([C@H]3[C@H](CO)N4C(=O)CN(C(=O)Cc5ccccn5)C[C@@H]34)cc2)c1. The molecule has 3 heterocycles. The number of carbonyl (C=O) groups is 2. The molecule has 2 aliphatic rings. The lowest BCUT2D eigenvalue weighted by Crippen LogP contribution is -2.73. The minimum Gasteiger partial charge on any atom is -0.394 e. The number of nitrogens with zero attached hydrogens (tertiary/aromatic N) is 3. The van der Waals surface area contributed by atoms with E-state index >= 15 is 0 Å². The number of hydrogen-bond acceptors (Lipinski definition) is 4. The maximum atomic E-state index is 12.9. The number of piperazine rings is 1.